The molecule has 1 atom stereocenters. The molecule has 0 saturated carbocycles. The second-order valence-electron chi connectivity index (χ2n) is 5.10. The number of aromatic nitrogens is 3. The van der Waals surface area contributed by atoms with Crippen molar-refractivity contribution in [3.05, 3.63) is 22.4 Å². The molecule has 6 nitrogen and oxygen atoms in total. The zero-order chi connectivity index (χ0) is 14.1. The zero-order valence-corrected chi connectivity index (χ0v) is 12.9. The van der Waals surface area contributed by atoms with Gasteiger partial charge in [0.1, 0.15) is 0 Å². The van der Waals surface area contributed by atoms with Crippen LogP contribution in [-0.2, 0) is 6.54 Å². The van der Waals surface area contributed by atoms with Crippen LogP contribution in [0.5, 0.6) is 5.88 Å². The van der Waals surface area contributed by atoms with Crippen LogP contribution < -0.4 is 4.74 Å². The van der Waals surface area contributed by atoms with Gasteiger partial charge in [0.15, 0.2) is 5.65 Å². The third-order valence-corrected chi connectivity index (χ3v) is 4.11. The van der Waals surface area contributed by atoms with Crippen LogP contribution in [0, 0.1) is 5.92 Å². The lowest BCUT2D eigenvalue weighted by atomic mass is 10.1. The summed E-state index contributed by atoms with van der Waals surface area (Å²) in [4.78, 5) is 6.74. The van der Waals surface area contributed by atoms with Crippen molar-refractivity contribution in [1.29, 1.82) is 0 Å². The third kappa shape index (κ3) is 2.53. The molecule has 0 aromatic carbocycles. The first-order valence-corrected chi connectivity index (χ1v) is 7.40. The topological polar surface area (TPSA) is 62.9 Å². The fourth-order valence-electron chi connectivity index (χ4n) is 2.67. The predicted octanol–water partition coefficient (Wildman–Crippen LogP) is 1.31. The van der Waals surface area contributed by atoms with Crippen LogP contribution in [-0.4, -0.2) is 51.4 Å². The van der Waals surface area contributed by atoms with Crippen LogP contribution in [0.3, 0.4) is 0 Å². The zero-order valence-electron chi connectivity index (χ0n) is 11.3. The molecule has 20 heavy (non-hydrogen) atoms. The largest absolute Gasteiger partial charge is 0.480 e. The van der Waals surface area contributed by atoms with Crippen LogP contribution in [0.25, 0.3) is 5.65 Å². The molecule has 3 rings (SSSR count). The first-order valence-electron chi connectivity index (χ1n) is 6.61. The maximum Gasteiger partial charge on any atom is 0.239 e. The summed E-state index contributed by atoms with van der Waals surface area (Å²) in [6.07, 6.45) is 4.67. The Morgan fingerprint density at radius 1 is 1.55 bits per heavy atom. The van der Waals surface area contributed by atoms with E-state index in [1.54, 1.807) is 17.8 Å². The van der Waals surface area contributed by atoms with Gasteiger partial charge in [-0.2, -0.15) is 0 Å². The molecule has 0 bridgehead atoms. The lowest BCUT2D eigenvalue weighted by Crippen LogP contribution is -2.21. The Morgan fingerprint density at radius 2 is 2.40 bits per heavy atom. The second-order valence-corrected chi connectivity index (χ2v) is 6.02. The normalized spacial score (nSPS) is 19.9. The van der Waals surface area contributed by atoms with Crippen LogP contribution in [0.2, 0.25) is 0 Å². The summed E-state index contributed by atoms with van der Waals surface area (Å²) in [6, 6.07) is 0. The molecule has 1 N–H and O–H groups in total. The Labute approximate surface area is 125 Å². The van der Waals surface area contributed by atoms with Crippen molar-refractivity contribution in [2.24, 2.45) is 5.92 Å². The van der Waals surface area contributed by atoms with Gasteiger partial charge in [0.05, 0.1) is 17.1 Å². The maximum atomic E-state index is 9.23. The Hall–Kier alpha value is -1.18. The van der Waals surface area contributed by atoms with Crippen LogP contribution >= 0.6 is 15.9 Å². The van der Waals surface area contributed by atoms with E-state index in [4.69, 9.17) is 4.74 Å². The molecule has 1 fully saturated rings. The summed E-state index contributed by atoms with van der Waals surface area (Å²) < 4.78 is 7.98. The molecule has 0 spiro atoms. The van der Waals surface area contributed by atoms with Gasteiger partial charge in [-0.15, -0.1) is 5.10 Å². The molecule has 1 aliphatic rings. The minimum atomic E-state index is 0.258. The van der Waals surface area contributed by atoms with Crippen LogP contribution in [0.4, 0.5) is 0 Å². The third-order valence-electron chi connectivity index (χ3n) is 3.70. The molecule has 1 aliphatic heterocycles. The number of likely N-dealkylation sites (tertiary alicyclic amines) is 1. The van der Waals surface area contributed by atoms with Gasteiger partial charge in [-0.3, -0.25) is 4.90 Å². The lowest BCUT2D eigenvalue weighted by Gasteiger charge is -2.15. The van der Waals surface area contributed by atoms with E-state index in [-0.39, 0.29) is 6.61 Å². The number of methoxy groups -OCH3 is 1. The maximum absolute atomic E-state index is 9.23. The minimum Gasteiger partial charge on any atom is -0.480 e. The van der Waals surface area contributed by atoms with Crippen molar-refractivity contribution in [2.75, 3.05) is 26.8 Å². The standard InChI is InChI=1S/C13H17BrN4O2/c1-20-13-11(7-17-3-2-9(5-17)8-19)12-15-4-10(14)6-18(12)16-13/h4,6,9,19H,2-3,5,7-8H2,1H3. The van der Waals surface area contributed by atoms with Gasteiger partial charge in [0.2, 0.25) is 5.88 Å². The summed E-state index contributed by atoms with van der Waals surface area (Å²) >= 11 is 3.39. The van der Waals surface area contributed by atoms with Gasteiger partial charge in [-0.05, 0) is 34.8 Å². The molecule has 108 valence electrons. The van der Waals surface area contributed by atoms with Crippen LogP contribution in [0.1, 0.15) is 12.0 Å². The van der Waals surface area contributed by atoms with Crippen LogP contribution in [0.15, 0.2) is 16.9 Å². The molecule has 0 aliphatic carbocycles. The quantitative estimate of drug-likeness (QED) is 0.909. The summed E-state index contributed by atoms with van der Waals surface area (Å²) in [5.41, 5.74) is 1.82. The number of hydrogen-bond acceptors (Lipinski definition) is 5. The first-order chi connectivity index (χ1) is 9.71. The van der Waals surface area contributed by atoms with Crippen molar-refractivity contribution < 1.29 is 9.84 Å². The molecule has 0 radical (unpaired) electrons. The average Bonchev–Trinajstić information content (AvgIpc) is 3.03. The average molecular weight is 341 g/mol. The molecule has 3 heterocycles. The minimum absolute atomic E-state index is 0.258. The number of nitrogens with zero attached hydrogens (tertiary/aromatic N) is 4. The number of hydrogen-bond donors (Lipinski definition) is 1. The predicted molar refractivity (Wildman–Crippen MR) is 77.7 cm³/mol. The van der Waals surface area contributed by atoms with Gasteiger partial charge >= 0.3 is 0 Å². The highest BCUT2D eigenvalue weighted by Gasteiger charge is 2.25. The van der Waals surface area contributed by atoms with Crippen molar-refractivity contribution >= 4 is 21.6 Å². The number of rotatable bonds is 4. The molecule has 7 heteroatoms. The van der Waals surface area contributed by atoms with Gasteiger partial charge in [0, 0.05) is 32.1 Å². The highest BCUT2D eigenvalue weighted by molar-refractivity contribution is 9.10. The number of aliphatic hydroxyl groups is 1. The van der Waals surface area contributed by atoms with E-state index in [0.29, 0.717) is 11.8 Å². The molecule has 1 saturated heterocycles. The van der Waals surface area contributed by atoms with Gasteiger partial charge in [-0.25, -0.2) is 9.50 Å². The Bertz CT molecular complexity index is 616. The van der Waals surface area contributed by atoms with E-state index in [1.807, 2.05) is 6.20 Å². The Morgan fingerprint density at radius 3 is 3.10 bits per heavy atom. The second kappa shape index (κ2) is 5.67. The summed E-state index contributed by atoms with van der Waals surface area (Å²) in [6.45, 7) is 2.90. The number of aliphatic hydroxyl groups excluding tert-OH is 1. The van der Waals surface area contributed by atoms with E-state index < -0.39 is 0 Å². The number of fused-ring (bicyclic) bond motifs is 1. The van der Waals surface area contributed by atoms with E-state index in [2.05, 4.69) is 30.9 Å². The van der Waals surface area contributed by atoms with Crippen molar-refractivity contribution in [1.82, 2.24) is 19.5 Å². The molecule has 1 unspecified atom stereocenters. The monoisotopic (exact) mass is 340 g/mol. The highest BCUT2D eigenvalue weighted by Crippen LogP contribution is 2.26. The fraction of sp³-hybridized carbons (Fsp3) is 0.538. The number of halogens is 1. The highest BCUT2D eigenvalue weighted by atomic mass is 79.9. The van der Waals surface area contributed by atoms with E-state index in [0.717, 1.165) is 41.7 Å². The Kier molecular flexibility index (Phi) is 3.91. The van der Waals surface area contributed by atoms with Crippen molar-refractivity contribution in [3.63, 3.8) is 0 Å². The van der Waals surface area contributed by atoms with E-state index in [1.165, 1.54) is 0 Å². The molecule has 2 aromatic heterocycles. The van der Waals surface area contributed by atoms with E-state index >= 15 is 0 Å². The summed E-state index contributed by atoms with van der Waals surface area (Å²) in [7, 11) is 1.63. The number of ether oxygens (including phenoxy) is 1. The SMILES string of the molecule is COc1nn2cc(Br)cnc2c1CN1CCC(CO)C1. The van der Waals surface area contributed by atoms with Gasteiger partial charge < -0.3 is 9.84 Å². The summed E-state index contributed by atoms with van der Waals surface area (Å²) in [5.74, 6) is 0.994. The first kappa shape index (κ1) is 13.8. The van der Waals surface area contributed by atoms with Gasteiger partial charge in [0.25, 0.3) is 0 Å². The molecule has 0 amide bonds. The Balaban J connectivity index is 1.90. The van der Waals surface area contributed by atoms with E-state index in [9.17, 15) is 5.11 Å². The smallest absolute Gasteiger partial charge is 0.239 e. The molecular formula is C13H17BrN4O2. The summed E-state index contributed by atoms with van der Waals surface area (Å²) in [5, 5.41) is 13.6. The van der Waals surface area contributed by atoms with Gasteiger partial charge in [-0.1, -0.05) is 0 Å². The lowest BCUT2D eigenvalue weighted by molar-refractivity contribution is 0.219. The molecule has 2 aromatic rings. The fourth-order valence-corrected chi connectivity index (χ4v) is 2.97. The molecular weight excluding hydrogens is 324 g/mol. The van der Waals surface area contributed by atoms with Crippen molar-refractivity contribution in [2.45, 2.75) is 13.0 Å². The van der Waals surface area contributed by atoms with Crippen molar-refractivity contribution in [3.8, 4) is 5.88 Å².